The molecule has 3 heterocycles. The Kier molecular flexibility index (Phi) is 6.86. The van der Waals surface area contributed by atoms with Crippen LogP contribution in [-0.4, -0.2) is 49.0 Å². The molecule has 3 rings (SSSR count). The maximum Gasteiger partial charge on any atom is 0.433 e. The third-order valence-electron chi connectivity index (χ3n) is 5.40. The van der Waals surface area contributed by atoms with Crippen LogP contribution in [0.25, 0.3) is 11.3 Å². The van der Waals surface area contributed by atoms with Crippen LogP contribution < -0.4 is 5.32 Å². The van der Waals surface area contributed by atoms with Crippen molar-refractivity contribution in [2.24, 2.45) is 0 Å². The number of aromatic nitrogens is 3. The molecular formula is C23H28F3N5O3. The molecule has 34 heavy (non-hydrogen) atoms. The number of likely N-dealkylation sites (tertiary alicyclic amines) is 1. The van der Waals surface area contributed by atoms with Gasteiger partial charge < -0.3 is 10.1 Å². The van der Waals surface area contributed by atoms with E-state index in [9.17, 15) is 22.8 Å². The highest BCUT2D eigenvalue weighted by molar-refractivity contribution is 5.86. The van der Waals surface area contributed by atoms with Gasteiger partial charge in [0, 0.05) is 17.3 Å². The summed E-state index contributed by atoms with van der Waals surface area (Å²) in [5.74, 6) is -0.340. The van der Waals surface area contributed by atoms with Gasteiger partial charge in [-0.25, -0.2) is 14.8 Å². The van der Waals surface area contributed by atoms with Gasteiger partial charge in [0.25, 0.3) is 0 Å². The predicted octanol–water partition coefficient (Wildman–Crippen LogP) is 4.35. The number of nitrogens with zero attached hydrogens (tertiary/aromatic N) is 4. The second-order valence-electron chi connectivity index (χ2n) is 9.76. The molecule has 1 aliphatic rings. The molecule has 1 N–H and O–H groups in total. The van der Waals surface area contributed by atoms with Crippen LogP contribution in [0.5, 0.6) is 0 Å². The molecule has 11 heteroatoms. The van der Waals surface area contributed by atoms with Crippen molar-refractivity contribution in [1.29, 1.82) is 0 Å². The maximum absolute atomic E-state index is 13.0. The number of nitrogens with one attached hydrogen (secondary N) is 1. The number of pyridine rings is 1. The van der Waals surface area contributed by atoms with Gasteiger partial charge in [-0.3, -0.25) is 14.7 Å². The van der Waals surface area contributed by atoms with E-state index in [1.165, 1.54) is 17.3 Å². The summed E-state index contributed by atoms with van der Waals surface area (Å²) in [6.07, 6.45) is -1.59. The van der Waals surface area contributed by atoms with Crippen LogP contribution in [0.2, 0.25) is 0 Å². The molecule has 0 radical (unpaired) electrons. The van der Waals surface area contributed by atoms with Crippen molar-refractivity contribution in [2.75, 3.05) is 0 Å². The van der Waals surface area contributed by atoms with Crippen molar-refractivity contribution < 1.29 is 27.5 Å². The first-order valence-corrected chi connectivity index (χ1v) is 10.8. The minimum absolute atomic E-state index is 0.0570. The van der Waals surface area contributed by atoms with Crippen molar-refractivity contribution in [3.63, 3.8) is 0 Å². The van der Waals surface area contributed by atoms with Crippen LogP contribution in [0.4, 0.5) is 18.0 Å². The number of halogens is 3. The lowest BCUT2D eigenvalue weighted by Crippen LogP contribution is -2.53. The van der Waals surface area contributed by atoms with Crippen LogP contribution >= 0.6 is 0 Å². The number of hydrogen-bond donors (Lipinski definition) is 1. The van der Waals surface area contributed by atoms with E-state index in [0.717, 1.165) is 12.3 Å². The van der Waals surface area contributed by atoms with E-state index in [0.29, 0.717) is 29.8 Å². The van der Waals surface area contributed by atoms with E-state index in [4.69, 9.17) is 4.74 Å². The summed E-state index contributed by atoms with van der Waals surface area (Å²) < 4.78 is 43.7. The largest absolute Gasteiger partial charge is 0.444 e. The smallest absolute Gasteiger partial charge is 0.433 e. The zero-order valence-electron chi connectivity index (χ0n) is 19.7. The number of hydrogen-bond acceptors (Lipinski definition) is 6. The Morgan fingerprint density at radius 2 is 1.88 bits per heavy atom. The van der Waals surface area contributed by atoms with Gasteiger partial charge in [0.1, 0.15) is 23.7 Å². The highest BCUT2D eigenvalue weighted by atomic mass is 19.4. The molecule has 1 aliphatic heterocycles. The first-order valence-electron chi connectivity index (χ1n) is 10.8. The number of amides is 2. The van der Waals surface area contributed by atoms with E-state index < -0.39 is 35.1 Å². The van der Waals surface area contributed by atoms with E-state index in [1.807, 2.05) is 13.8 Å². The maximum atomic E-state index is 13.0. The third kappa shape index (κ3) is 6.00. The fourth-order valence-corrected chi connectivity index (χ4v) is 3.76. The number of carbonyl (C=O) groups excluding carboxylic acids is 2. The first-order chi connectivity index (χ1) is 15.7. The molecule has 2 aromatic heterocycles. The molecule has 1 unspecified atom stereocenters. The summed E-state index contributed by atoms with van der Waals surface area (Å²) in [5.41, 5.74) is -1.01. The normalized spacial score (nSPS) is 18.0. The Morgan fingerprint density at radius 1 is 1.18 bits per heavy atom. The van der Waals surface area contributed by atoms with Crippen LogP contribution in [0.3, 0.4) is 0 Å². The Labute approximate surface area is 195 Å². The van der Waals surface area contributed by atoms with Gasteiger partial charge in [-0.15, -0.1) is 0 Å². The summed E-state index contributed by atoms with van der Waals surface area (Å²) >= 11 is 0. The van der Waals surface area contributed by atoms with Gasteiger partial charge in [0.05, 0.1) is 17.9 Å². The molecule has 0 bridgehead atoms. The van der Waals surface area contributed by atoms with Gasteiger partial charge in [-0.1, -0.05) is 0 Å². The zero-order chi connectivity index (χ0) is 25.3. The van der Waals surface area contributed by atoms with E-state index in [-0.39, 0.29) is 12.5 Å². The molecule has 1 saturated heterocycles. The predicted molar refractivity (Wildman–Crippen MR) is 117 cm³/mol. The Morgan fingerprint density at radius 3 is 2.47 bits per heavy atom. The lowest BCUT2D eigenvalue weighted by atomic mass is 10.0. The van der Waals surface area contributed by atoms with Crippen molar-refractivity contribution in [3.05, 3.63) is 42.1 Å². The second kappa shape index (κ2) is 9.19. The van der Waals surface area contributed by atoms with Crippen LogP contribution in [0.1, 0.15) is 58.8 Å². The zero-order valence-corrected chi connectivity index (χ0v) is 19.7. The average Bonchev–Trinajstić information content (AvgIpc) is 3.05. The minimum Gasteiger partial charge on any atom is -0.444 e. The molecule has 8 nitrogen and oxygen atoms in total. The number of rotatable bonds is 4. The van der Waals surface area contributed by atoms with Crippen LogP contribution in [0.15, 0.2) is 30.7 Å². The molecular weight excluding hydrogens is 451 g/mol. The minimum atomic E-state index is -4.53. The molecule has 1 fully saturated rings. The van der Waals surface area contributed by atoms with Crippen LogP contribution in [-0.2, 0) is 22.3 Å². The Bertz CT molecular complexity index is 1050. The molecule has 2 aromatic rings. The third-order valence-corrected chi connectivity index (χ3v) is 5.40. The summed E-state index contributed by atoms with van der Waals surface area (Å²) in [6, 6.07) is 3.03. The fraction of sp³-hybridized carbons (Fsp3) is 0.522. The Balaban J connectivity index is 1.69. The van der Waals surface area contributed by atoms with Crippen LogP contribution in [0, 0.1) is 0 Å². The topological polar surface area (TPSA) is 97.3 Å². The van der Waals surface area contributed by atoms with Gasteiger partial charge in [0.15, 0.2) is 0 Å². The van der Waals surface area contributed by atoms with Crippen molar-refractivity contribution in [1.82, 2.24) is 25.2 Å². The van der Waals surface area contributed by atoms with Crippen molar-refractivity contribution in [3.8, 4) is 11.3 Å². The summed E-state index contributed by atoms with van der Waals surface area (Å²) in [6.45, 7) is 9.13. The van der Waals surface area contributed by atoms with E-state index in [1.54, 1.807) is 26.8 Å². The lowest BCUT2D eigenvalue weighted by Gasteiger charge is -2.36. The van der Waals surface area contributed by atoms with Crippen molar-refractivity contribution >= 4 is 12.0 Å². The van der Waals surface area contributed by atoms with E-state index >= 15 is 0 Å². The van der Waals surface area contributed by atoms with Gasteiger partial charge in [-0.05, 0) is 65.7 Å². The first kappa shape index (κ1) is 25.4. The highest BCUT2D eigenvalue weighted by Crippen LogP contribution is 2.35. The molecule has 1 atom stereocenters. The molecule has 0 aromatic carbocycles. The van der Waals surface area contributed by atoms with Gasteiger partial charge in [-0.2, -0.15) is 13.2 Å². The summed E-state index contributed by atoms with van der Waals surface area (Å²) in [5, 5.41) is 2.79. The Hall–Kier alpha value is -3.24. The average molecular weight is 480 g/mol. The quantitative estimate of drug-likeness (QED) is 0.700. The number of carbonyl (C=O) groups is 2. The van der Waals surface area contributed by atoms with Crippen molar-refractivity contribution in [2.45, 2.75) is 77.4 Å². The lowest BCUT2D eigenvalue weighted by molar-refractivity contribution is -0.141. The van der Waals surface area contributed by atoms with E-state index in [2.05, 4.69) is 20.3 Å². The molecule has 2 amide bonds. The fourth-order valence-electron chi connectivity index (χ4n) is 3.76. The second-order valence-corrected chi connectivity index (χ2v) is 9.76. The highest BCUT2D eigenvalue weighted by Gasteiger charge is 2.47. The molecule has 0 saturated carbocycles. The SMILES string of the molecule is CC(C)(C)OC(=O)N1C(C(=O)NCc2cc(-c3ccc(C(F)(F)F)nc3)ncn2)CCC1(C)C. The molecule has 184 valence electrons. The standard InChI is InChI=1S/C23H28F3N5O3/c1-21(2,3)34-20(33)31-17(8-9-22(31,4)5)19(32)28-12-15-10-16(30-13-29-15)14-6-7-18(27-11-14)23(24,25)26/h6-7,10-11,13,17H,8-9,12H2,1-5H3,(H,28,32). The summed E-state index contributed by atoms with van der Waals surface area (Å²) in [7, 11) is 0. The number of alkyl halides is 3. The molecule has 0 aliphatic carbocycles. The monoisotopic (exact) mass is 479 g/mol. The number of ether oxygens (including phenoxy) is 1. The van der Waals surface area contributed by atoms with Gasteiger partial charge in [0.2, 0.25) is 5.91 Å². The summed E-state index contributed by atoms with van der Waals surface area (Å²) in [4.78, 5) is 38.9. The molecule has 0 spiro atoms. The van der Waals surface area contributed by atoms with Gasteiger partial charge >= 0.3 is 12.3 Å².